The van der Waals surface area contributed by atoms with Gasteiger partial charge in [-0.05, 0) is 18.1 Å². The zero-order valence-electron chi connectivity index (χ0n) is 16.8. The van der Waals surface area contributed by atoms with Crippen LogP contribution in [0.5, 0.6) is 0 Å². The molecule has 0 bridgehead atoms. The van der Waals surface area contributed by atoms with Crippen LogP contribution < -0.4 is 9.80 Å². The quantitative estimate of drug-likeness (QED) is 0.755. The molecular weight excluding hydrogens is 354 g/mol. The maximum absolute atomic E-state index is 12.7. The first kappa shape index (κ1) is 20.0. The van der Waals surface area contributed by atoms with Crippen LogP contribution in [0.4, 0.5) is 5.82 Å². The lowest BCUT2D eigenvalue weighted by atomic mass is 10.1. The van der Waals surface area contributed by atoms with Gasteiger partial charge in [-0.1, -0.05) is 32.4 Å². The molecule has 0 amide bonds. The zero-order valence-corrected chi connectivity index (χ0v) is 16.8. The average molecular weight is 382 g/mol. The number of para-hydroxylation sites is 2. The van der Waals surface area contributed by atoms with Gasteiger partial charge in [0, 0.05) is 0 Å². The number of fused-ring (bicyclic) bond motifs is 1. The highest BCUT2D eigenvalue weighted by Crippen LogP contribution is 2.28. The summed E-state index contributed by atoms with van der Waals surface area (Å²) in [6.45, 7) is 7.94. The molecule has 3 rings (SSSR count). The summed E-state index contributed by atoms with van der Waals surface area (Å²) in [5, 5.41) is 9.77. The molecule has 0 radical (unpaired) electrons. The highest BCUT2D eigenvalue weighted by Gasteiger charge is 2.31. The highest BCUT2D eigenvalue weighted by atomic mass is 16.5. The molecule has 1 N–H and O–H groups in total. The van der Waals surface area contributed by atoms with Gasteiger partial charge in [-0.2, -0.15) is 5.26 Å². The summed E-state index contributed by atoms with van der Waals surface area (Å²) in [5.41, 5.74) is 1.84. The summed E-state index contributed by atoms with van der Waals surface area (Å²) in [7, 11) is 2.16. The Morgan fingerprint density at radius 1 is 1.29 bits per heavy atom. The number of hydrogen-bond acceptors (Lipinski definition) is 6. The summed E-state index contributed by atoms with van der Waals surface area (Å²) in [5.74, 6) is -0.749. The minimum Gasteiger partial charge on any atom is -0.464 e. The zero-order chi connectivity index (χ0) is 20.1. The molecule has 2 atom stereocenters. The summed E-state index contributed by atoms with van der Waals surface area (Å²) in [4.78, 5) is 25.7. The summed E-state index contributed by atoms with van der Waals surface area (Å²) in [6, 6.07) is 9.65. The second-order valence-electron chi connectivity index (χ2n) is 7.57. The number of rotatable bonds is 6. The number of carbonyl (C=O) groups is 1. The van der Waals surface area contributed by atoms with Crippen molar-refractivity contribution in [2.45, 2.75) is 26.2 Å². The van der Waals surface area contributed by atoms with Crippen molar-refractivity contribution in [2.24, 2.45) is 5.92 Å². The monoisotopic (exact) mass is 382 g/mol. The smallest absolute Gasteiger partial charge is 0.329 e. The fourth-order valence-electron chi connectivity index (χ4n) is 3.18. The van der Waals surface area contributed by atoms with Crippen molar-refractivity contribution in [1.82, 2.24) is 9.97 Å². The molecule has 7 heteroatoms. The van der Waals surface area contributed by atoms with Crippen LogP contribution in [0.1, 0.15) is 31.9 Å². The fourth-order valence-corrected chi connectivity index (χ4v) is 3.18. The second-order valence-corrected chi connectivity index (χ2v) is 7.57. The minimum absolute atomic E-state index is 0.256. The Balaban J connectivity index is 1.97. The molecule has 1 aromatic heterocycles. The predicted molar refractivity (Wildman–Crippen MR) is 107 cm³/mol. The lowest BCUT2D eigenvalue weighted by Gasteiger charge is -2.32. The number of esters is 1. The number of piperazine rings is 1. The number of hydrogen-bond donors (Lipinski definition) is 1. The summed E-state index contributed by atoms with van der Waals surface area (Å²) in [6.07, 6.45) is 0.912. The molecule has 28 heavy (non-hydrogen) atoms. The van der Waals surface area contributed by atoms with Crippen LogP contribution in [0.3, 0.4) is 0 Å². The maximum Gasteiger partial charge on any atom is 0.329 e. The molecule has 1 aromatic carbocycles. The lowest BCUT2D eigenvalue weighted by molar-refractivity contribution is -0.880. The fraction of sp³-hybridized carbons (Fsp3) is 0.524. The topological polar surface area (TPSA) is 83.5 Å². The average Bonchev–Trinajstić information content (AvgIpc) is 2.72. The normalized spacial score (nSPS) is 17.1. The van der Waals surface area contributed by atoms with E-state index in [0.717, 1.165) is 38.1 Å². The molecule has 0 spiro atoms. The van der Waals surface area contributed by atoms with Gasteiger partial charge < -0.3 is 14.5 Å². The molecule has 0 unspecified atom stereocenters. The van der Waals surface area contributed by atoms with Crippen LogP contribution in [0.15, 0.2) is 24.3 Å². The van der Waals surface area contributed by atoms with Gasteiger partial charge in [-0.25, -0.2) is 9.97 Å². The Morgan fingerprint density at radius 2 is 1.93 bits per heavy atom. The van der Waals surface area contributed by atoms with Crippen molar-refractivity contribution in [3.05, 3.63) is 30.0 Å². The number of quaternary nitrogens is 1. The number of ether oxygens (including phenoxy) is 1. The van der Waals surface area contributed by atoms with Crippen LogP contribution >= 0.6 is 0 Å². The lowest BCUT2D eigenvalue weighted by Crippen LogP contribution is -3.12. The first-order valence-corrected chi connectivity index (χ1v) is 9.92. The van der Waals surface area contributed by atoms with Crippen LogP contribution in [0.2, 0.25) is 0 Å². The van der Waals surface area contributed by atoms with Crippen molar-refractivity contribution in [3.8, 4) is 6.07 Å². The van der Waals surface area contributed by atoms with Gasteiger partial charge in [0.15, 0.2) is 11.7 Å². The minimum atomic E-state index is -1.08. The van der Waals surface area contributed by atoms with Crippen LogP contribution in [-0.4, -0.2) is 55.8 Å². The molecule has 148 valence electrons. The van der Waals surface area contributed by atoms with E-state index < -0.39 is 11.9 Å². The molecular formula is C21H28N5O2+. The van der Waals surface area contributed by atoms with E-state index >= 15 is 0 Å². The molecule has 1 aliphatic heterocycles. The molecule has 0 saturated carbocycles. The van der Waals surface area contributed by atoms with Crippen LogP contribution in [0.25, 0.3) is 11.0 Å². The third kappa shape index (κ3) is 4.39. The molecule has 1 fully saturated rings. The number of nitrogens with one attached hydrogen (secondary N) is 1. The second kappa shape index (κ2) is 8.98. The largest absolute Gasteiger partial charge is 0.464 e. The van der Waals surface area contributed by atoms with Gasteiger partial charge in [-0.15, -0.1) is 0 Å². The number of carbonyl (C=O) groups excluding carboxylic acids is 1. The van der Waals surface area contributed by atoms with E-state index in [2.05, 4.69) is 23.0 Å². The molecule has 1 saturated heterocycles. The molecule has 0 aliphatic carbocycles. The van der Waals surface area contributed by atoms with E-state index in [0.29, 0.717) is 23.6 Å². The van der Waals surface area contributed by atoms with Gasteiger partial charge >= 0.3 is 5.97 Å². The highest BCUT2D eigenvalue weighted by molar-refractivity contribution is 5.85. The van der Waals surface area contributed by atoms with E-state index in [4.69, 9.17) is 9.72 Å². The molecule has 1 aliphatic rings. The number of benzene rings is 1. The van der Waals surface area contributed by atoms with Crippen LogP contribution in [-0.2, 0) is 9.53 Å². The summed E-state index contributed by atoms with van der Waals surface area (Å²) >= 11 is 0. The van der Waals surface area contributed by atoms with Gasteiger partial charge in [0.25, 0.3) is 0 Å². The number of nitriles is 1. The SMILES string of the molecule is CC[C@@H](C)COC(=O)[C@H](C#N)c1nc2ccccc2nc1N1CC[NH+](C)CC1. The van der Waals surface area contributed by atoms with Crippen molar-refractivity contribution in [3.63, 3.8) is 0 Å². The Bertz CT molecular complexity index is 871. The summed E-state index contributed by atoms with van der Waals surface area (Å²) < 4.78 is 5.42. The first-order chi connectivity index (χ1) is 13.5. The molecule has 7 nitrogen and oxygen atoms in total. The van der Waals surface area contributed by atoms with E-state index in [9.17, 15) is 10.1 Å². The number of anilines is 1. The maximum atomic E-state index is 12.7. The van der Waals surface area contributed by atoms with E-state index in [1.807, 2.05) is 38.1 Å². The predicted octanol–water partition coefficient (Wildman–Crippen LogP) is 1.16. The standard InChI is InChI=1S/C21H27N5O2/c1-4-15(2)14-28-21(27)16(13-22)19-20(26-11-9-25(3)10-12-26)24-18-8-6-5-7-17(18)23-19/h5-8,15-16H,4,9-12,14H2,1-3H3/p+1/t15-,16-/m1/s1. The Labute approximate surface area is 165 Å². The van der Waals surface area contributed by atoms with Crippen molar-refractivity contribution < 1.29 is 14.4 Å². The Kier molecular flexibility index (Phi) is 6.42. The van der Waals surface area contributed by atoms with Crippen LogP contribution in [0, 0.1) is 17.2 Å². The Morgan fingerprint density at radius 3 is 2.54 bits per heavy atom. The third-order valence-corrected chi connectivity index (χ3v) is 5.34. The first-order valence-electron chi connectivity index (χ1n) is 9.92. The third-order valence-electron chi connectivity index (χ3n) is 5.34. The van der Waals surface area contributed by atoms with Crippen molar-refractivity contribution in [1.29, 1.82) is 5.26 Å². The number of likely N-dealkylation sites (N-methyl/N-ethyl adjacent to an activating group) is 1. The Hall–Kier alpha value is -2.72. The van der Waals surface area contributed by atoms with E-state index in [1.165, 1.54) is 4.90 Å². The van der Waals surface area contributed by atoms with E-state index in [1.54, 1.807) is 0 Å². The van der Waals surface area contributed by atoms with Gasteiger partial charge in [0.05, 0.1) is 56.9 Å². The van der Waals surface area contributed by atoms with Gasteiger partial charge in [0.1, 0.15) is 5.69 Å². The van der Waals surface area contributed by atoms with E-state index in [-0.39, 0.29) is 5.92 Å². The number of aromatic nitrogens is 2. The van der Waals surface area contributed by atoms with Gasteiger partial charge in [0.2, 0.25) is 0 Å². The van der Waals surface area contributed by atoms with Crippen molar-refractivity contribution in [2.75, 3.05) is 44.7 Å². The molecule has 2 aromatic rings. The van der Waals surface area contributed by atoms with Crippen molar-refractivity contribution >= 4 is 22.8 Å². The van der Waals surface area contributed by atoms with Gasteiger partial charge in [-0.3, -0.25) is 4.79 Å². The molecule has 2 heterocycles. The number of nitrogens with zero attached hydrogens (tertiary/aromatic N) is 4.